The van der Waals surface area contributed by atoms with Crippen LogP contribution in [0.5, 0.6) is 0 Å². The molecule has 1 fully saturated rings. The number of hydrogen-bond donors (Lipinski definition) is 1. The quantitative estimate of drug-likeness (QED) is 0.858. The average molecular weight is 230 g/mol. The Balaban J connectivity index is 1.69. The van der Waals surface area contributed by atoms with Crippen LogP contribution in [0.1, 0.15) is 24.8 Å². The monoisotopic (exact) mass is 230 g/mol. The molecular weight excluding hydrogens is 208 g/mol. The standard InChI is InChI=1S/C15H22N2/c1-2-7-15-14(5-1)6-3-4-9-17(15)10-8-13-11-16-12-13/h1-2,5,7,13,16H,3-4,6,8-12H2. The van der Waals surface area contributed by atoms with E-state index in [-0.39, 0.29) is 0 Å². The second kappa shape index (κ2) is 5.09. The summed E-state index contributed by atoms with van der Waals surface area (Å²) in [4.78, 5) is 2.61. The van der Waals surface area contributed by atoms with Gasteiger partial charge in [0.15, 0.2) is 0 Å². The van der Waals surface area contributed by atoms with E-state index in [4.69, 9.17) is 0 Å². The van der Waals surface area contributed by atoms with Crippen LogP contribution in [0.2, 0.25) is 0 Å². The normalized spacial score (nSPS) is 20.6. The van der Waals surface area contributed by atoms with Crippen LogP contribution in [0.3, 0.4) is 0 Å². The molecule has 2 nitrogen and oxygen atoms in total. The minimum absolute atomic E-state index is 0.922. The largest absolute Gasteiger partial charge is 0.371 e. The van der Waals surface area contributed by atoms with Crippen molar-refractivity contribution in [2.45, 2.75) is 25.7 Å². The second-order valence-electron chi connectivity index (χ2n) is 5.39. The molecule has 2 heteroatoms. The number of para-hydroxylation sites is 1. The molecular formula is C15H22N2. The first-order chi connectivity index (χ1) is 8.43. The van der Waals surface area contributed by atoms with Gasteiger partial charge in [-0.05, 0) is 56.3 Å². The van der Waals surface area contributed by atoms with E-state index in [1.165, 1.54) is 57.5 Å². The van der Waals surface area contributed by atoms with Gasteiger partial charge in [-0.25, -0.2) is 0 Å². The molecule has 2 aliphatic rings. The van der Waals surface area contributed by atoms with Crippen LogP contribution >= 0.6 is 0 Å². The highest BCUT2D eigenvalue weighted by atomic mass is 15.1. The highest BCUT2D eigenvalue weighted by Gasteiger charge is 2.19. The first-order valence-corrected chi connectivity index (χ1v) is 6.97. The van der Waals surface area contributed by atoms with Crippen molar-refractivity contribution in [1.82, 2.24) is 5.32 Å². The lowest BCUT2D eigenvalue weighted by atomic mass is 9.99. The van der Waals surface area contributed by atoms with Gasteiger partial charge < -0.3 is 10.2 Å². The van der Waals surface area contributed by atoms with Gasteiger partial charge in [0.1, 0.15) is 0 Å². The maximum atomic E-state index is 3.36. The predicted octanol–water partition coefficient (Wildman–Crippen LogP) is 2.44. The Bertz CT molecular complexity index is 371. The smallest absolute Gasteiger partial charge is 0.0398 e. The summed E-state index contributed by atoms with van der Waals surface area (Å²) in [6, 6.07) is 8.97. The maximum absolute atomic E-state index is 3.36. The first-order valence-electron chi connectivity index (χ1n) is 6.97. The summed E-state index contributed by atoms with van der Waals surface area (Å²) < 4.78 is 0. The zero-order valence-corrected chi connectivity index (χ0v) is 10.5. The van der Waals surface area contributed by atoms with Crippen molar-refractivity contribution in [2.75, 3.05) is 31.1 Å². The SMILES string of the molecule is c1ccc2c(c1)CCCCN2CCC1CNC1. The highest BCUT2D eigenvalue weighted by molar-refractivity contribution is 5.54. The number of rotatable bonds is 3. The molecule has 0 aromatic heterocycles. The van der Waals surface area contributed by atoms with Crippen LogP contribution in [-0.4, -0.2) is 26.2 Å². The fourth-order valence-corrected chi connectivity index (χ4v) is 2.89. The molecule has 2 aliphatic heterocycles. The molecule has 1 aromatic rings. The topological polar surface area (TPSA) is 15.3 Å². The molecule has 92 valence electrons. The van der Waals surface area contributed by atoms with Crippen molar-refractivity contribution in [2.24, 2.45) is 5.92 Å². The molecule has 0 bridgehead atoms. The Labute approximate surface area is 104 Å². The Morgan fingerprint density at radius 3 is 2.88 bits per heavy atom. The summed E-state index contributed by atoms with van der Waals surface area (Å²) in [5.41, 5.74) is 3.05. The van der Waals surface area contributed by atoms with Crippen LogP contribution in [0, 0.1) is 5.92 Å². The van der Waals surface area contributed by atoms with Gasteiger partial charge in [0.25, 0.3) is 0 Å². The third-order valence-corrected chi connectivity index (χ3v) is 4.13. The zero-order valence-electron chi connectivity index (χ0n) is 10.5. The summed E-state index contributed by atoms with van der Waals surface area (Å²) in [5, 5.41) is 3.36. The molecule has 0 aliphatic carbocycles. The fraction of sp³-hybridized carbons (Fsp3) is 0.600. The number of fused-ring (bicyclic) bond motifs is 1. The van der Waals surface area contributed by atoms with E-state index >= 15 is 0 Å². The fourth-order valence-electron chi connectivity index (χ4n) is 2.89. The third kappa shape index (κ3) is 2.47. The lowest BCUT2D eigenvalue weighted by Crippen LogP contribution is -2.43. The Morgan fingerprint density at radius 1 is 1.18 bits per heavy atom. The van der Waals surface area contributed by atoms with Gasteiger partial charge in [-0.2, -0.15) is 0 Å². The highest BCUT2D eigenvalue weighted by Crippen LogP contribution is 2.26. The number of aryl methyl sites for hydroxylation is 1. The van der Waals surface area contributed by atoms with Crippen molar-refractivity contribution in [3.05, 3.63) is 29.8 Å². The zero-order chi connectivity index (χ0) is 11.5. The number of anilines is 1. The molecule has 1 N–H and O–H groups in total. The molecule has 2 heterocycles. The van der Waals surface area contributed by atoms with Gasteiger partial charge in [0.05, 0.1) is 0 Å². The minimum atomic E-state index is 0.922. The molecule has 1 saturated heterocycles. The Kier molecular flexibility index (Phi) is 3.32. The molecule has 0 atom stereocenters. The lowest BCUT2D eigenvalue weighted by Gasteiger charge is -2.31. The van der Waals surface area contributed by atoms with E-state index in [0.717, 1.165) is 5.92 Å². The summed E-state index contributed by atoms with van der Waals surface area (Å²) in [6.45, 7) is 4.95. The summed E-state index contributed by atoms with van der Waals surface area (Å²) >= 11 is 0. The van der Waals surface area contributed by atoms with Crippen molar-refractivity contribution in [3.63, 3.8) is 0 Å². The Hall–Kier alpha value is -1.02. The van der Waals surface area contributed by atoms with Crippen molar-refractivity contribution in [3.8, 4) is 0 Å². The molecule has 0 spiro atoms. The number of hydrogen-bond acceptors (Lipinski definition) is 2. The molecule has 3 rings (SSSR count). The van der Waals surface area contributed by atoms with Crippen LogP contribution in [0.15, 0.2) is 24.3 Å². The number of nitrogens with one attached hydrogen (secondary N) is 1. The van der Waals surface area contributed by atoms with Crippen LogP contribution < -0.4 is 10.2 Å². The predicted molar refractivity (Wildman–Crippen MR) is 72.6 cm³/mol. The van der Waals surface area contributed by atoms with Gasteiger partial charge in [0.2, 0.25) is 0 Å². The summed E-state index contributed by atoms with van der Waals surface area (Å²) in [5.74, 6) is 0.922. The van der Waals surface area contributed by atoms with E-state index in [9.17, 15) is 0 Å². The van der Waals surface area contributed by atoms with Crippen LogP contribution in [0.4, 0.5) is 5.69 Å². The minimum Gasteiger partial charge on any atom is -0.371 e. The first kappa shape index (κ1) is 11.1. The van der Waals surface area contributed by atoms with E-state index in [1.807, 2.05) is 0 Å². The third-order valence-electron chi connectivity index (χ3n) is 4.13. The second-order valence-corrected chi connectivity index (χ2v) is 5.39. The molecule has 0 amide bonds. The van der Waals surface area contributed by atoms with Gasteiger partial charge in [-0.1, -0.05) is 18.2 Å². The molecule has 0 radical (unpaired) electrons. The molecule has 0 saturated carbocycles. The maximum Gasteiger partial charge on any atom is 0.0398 e. The van der Waals surface area contributed by atoms with Gasteiger partial charge in [-0.15, -0.1) is 0 Å². The number of nitrogens with zero attached hydrogens (tertiary/aromatic N) is 1. The Morgan fingerprint density at radius 2 is 2.06 bits per heavy atom. The van der Waals surface area contributed by atoms with E-state index < -0.39 is 0 Å². The lowest BCUT2D eigenvalue weighted by molar-refractivity contribution is 0.329. The van der Waals surface area contributed by atoms with Gasteiger partial charge in [0, 0.05) is 18.8 Å². The van der Waals surface area contributed by atoms with E-state index in [0.29, 0.717) is 0 Å². The molecule has 1 aromatic carbocycles. The molecule has 0 unspecified atom stereocenters. The van der Waals surface area contributed by atoms with Crippen molar-refractivity contribution in [1.29, 1.82) is 0 Å². The van der Waals surface area contributed by atoms with E-state index in [2.05, 4.69) is 34.5 Å². The summed E-state index contributed by atoms with van der Waals surface area (Å²) in [7, 11) is 0. The van der Waals surface area contributed by atoms with Gasteiger partial charge >= 0.3 is 0 Å². The van der Waals surface area contributed by atoms with Crippen molar-refractivity contribution < 1.29 is 0 Å². The number of benzene rings is 1. The van der Waals surface area contributed by atoms with Crippen LogP contribution in [-0.2, 0) is 6.42 Å². The summed E-state index contributed by atoms with van der Waals surface area (Å²) in [6.07, 6.45) is 5.30. The van der Waals surface area contributed by atoms with Gasteiger partial charge in [-0.3, -0.25) is 0 Å². The van der Waals surface area contributed by atoms with Crippen LogP contribution in [0.25, 0.3) is 0 Å². The van der Waals surface area contributed by atoms with Crippen molar-refractivity contribution >= 4 is 5.69 Å². The molecule has 17 heavy (non-hydrogen) atoms. The van der Waals surface area contributed by atoms with E-state index in [1.54, 1.807) is 5.56 Å². The average Bonchev–Trinajstić information content (AvgIpc) is 2.50.